The van der Waals surface area contributed by atoms with Gasteiger partial charge in [0.1, 0.15) is 17.4 Å². The minimum atomic E-state index is -0.400. The lowest BCUT2D eigenvalue weighted by atomic mass is 9.95. The summed E-state index contributed by atoms with van der Waals surface area (Å²) >= 11 is 1.42. The van der Waals surface area contributed by atoms with E-state index >= 15 is 0 Å². The number of nitrogens with zero attached hydrogens (tertiary/aromatic N) is 4. The molecule has 0 bridgehead atoms. The van der Waals surface area contributed by atoms with Crippen LogP contribution < -0.4 is 10.3 Å². The second-order valence-corrected chi connectivity index (χ2v) is 8.38. The van der Waals surface area contributed by atoms with Crippen LogP contribution in [-0.4, -0.2) is 43.8 Å². The van der Waals surface area contributed by atoms with E-state index in [1.54, 1.807) is 24.5 Å². The Bertz CT molecular complexity index is 1300. The monoisotopic (exact) mass is 421 g/mol. The van der Waals surface area contributed by atoms with Gasteiger partial charge in [0.25, 0.3) is 11.5 Å². The van der Waals surface area contributed by atoms with Crippen molar-refractivity contribution in [2.45, 2.75) is 19.4 Å². The molecule has 0 saturated heterocycles. The van der Waals surface area contributed by atoms with Crippen LogP contribution in [0, 0.1) is 6.92 Å². The van der Waals surface area contributed by atoms with Crippen LogP contribution >= 0.6 is 11.3 Å². The second-order valence-electron chi connectivity index (χ2n) is 7.16. The number of nitrogens with one attached hydrogen (secondary N) is 1. The maximum Gasteiger partial charge on any atom is 0.271 e. The molecule has 1 N–H and O–H groups in total. The van der Waals surface area contributed by atoms with Crippen molar-refractivity contribution in [1.29, 1.82) is 0 Å². The van der Waals surface area contributed by atoms with E-state index in [4.69, 9.17) is 4.74 Å². The Kier molecular flexibility index (Phi) is 4.39. The number of hydrogen-bond acceptors (Lipinski definition) is 6. The molecule has 4 heterocycles. The van der Waals surface area contributed by atoms with Crippen LogP contribution in [0.3, 0.4) is 0 Å². The molecule has 152 valence electrons. The summed E-state index contributed by atoms with van der Waals surface area (Å²) in [5.41, 5.74) is 2.40. The van der Waals surface area contributed by atoms with Gasteiger partial charge >= 0.3 is 0 Å². The van der Waals surface area contributed by atoms with Crippen LogP contribution in [0.1, 0.15) is 38.2 Å². The summed E-state index contributed by atoms with van der Waals surface area (Å²) in [6.07, 6.45) is 5.39. The number of carbonyl (C=O) groups excluding carboxylic acids is 1. The summed E-state index contributed by atoms with van der Waals surface area (Å²) < 4.78 is 6.70. The van der Waals surface area contributed by atoms with Crippen LogP contribution in [0.2, 0.25) is 0 Å². The summed E-state index contributed by atoms with van der Waals surface area (Å²) in [6, 6.07) is 7.15. The highest BCUT2D eigenvalue weighted by Crippen LogP contribution is 2.34. The number of H-pyrrole nitrogens is 1. The van der Waals surface area contributed by atoms with E-state index in [2.05, 4.69) is 15.0 Å². The van der Waals surface area contributed by atoms with Crippen molar-refractivity contribution in [3.63, 3.8) is 0 Å². The lowest BCUT2D eigenvalue weighted by Gasteiger charge is -2.35. The summed E-state index contributed by atoms with van der Waals surface area (Å²) in [6.45, 7) is 2.37. The normalized spacial score (nSPS) is 15.9. The average Bonchev–Trinajstić information content (AvgIpc) is 3.39. The summed E-state index contributed by atoms with van der Waals surface area (Å²) in [7, 11) is 1.61. The molecular formula is C21H19N5O3S. The lowest BCUT2D eigenvalue weighted by molar-refractivity contribution is 0.0688. The topological polar surface area (TPSA) is 92.6 Å². The van der Waals surface area contributed by atoms with Crippen molar-refractivity contribution in [2.75, 3.05) is 13.7 Å². The third-order valence-corrected chi connectivity index (χ3v) is 6.28. The third kappa shape index (κ3) is 2.89. The molecule has 8 nitrogen and oxygen atoms in total. The molecule has 0 saturated carbocycles. The zero-order chi connectivity index (χ0) is 20.8. The first kappa shape index (κ1) is 18.6. The second kappa shape index (κ2) is 7.10. The number of aryl methyl sites for hydroxylation is 1. The maximum atomic E-state index is 13.5. The van der Waals surface area contributed by atoms with Gasteiger partial charge in [0.15, 0.2) is 4.96 Å². The van der Waals surface area contributed by atoms with Gasteiger partial charge in [-0.2, -0.15) is 0 Å². The minimum Gasteiger partial charge on any atom is -0.497 e. The van der Waals surface area contributed by atoms with Crippen molar-refractivity contribution >= 4 is 22.2 Å². The van der Waals surface area contributed by atoms with Gasteiger partial charge < -0.3 is 14.6 Å². The first-order valence-corrected chi connectivity index (χ1v) is 10.3. The maximum absolute atomic E-state index is 13.5. The number of thiazole rings is 1. The molecule has 5 rings (SSSR count). The van der Waals surface area contributed by atoms with Crippen molar-refractivity contribution in [3.05, 3.63) is 80.7 Å². The predicted octanol–water partition coefficient (Wildman–Crippen LogP) is 2.58. The van der Waals surface area contributed by atoms with E-state index in [1.165, 1.54) is 21.9 Å². The van der Waals surface area contributed by atoms with Crippen LogP contribution in [0.15, 0.2) is 47.8 Å². The Morgan fingerprint density at radius 2 is 2.07 bits per heavy atom. The molecule has 0 radical (unpaired) electrons. The van der Waals surface area contributed by atoms with Gasteiger partial charge in [-0.15, -0.1) is 11.3 Å². The van der Waals surface area contributed by atoms with E-state index in [-0.39, 0.29) is 17.0 Å². The third-order valence-electron chi connectivity index (χ3n) is 5.37. The number of imidazole rings is 1. The van der Waals surface area contributed by atoms with E-state index in [9.17, 15) is 9.59 Å². The number of fused-ring (bicyclic) bond motifs is 2. The Morgan fingerprint density at radius 1 is 1.27 bits per heavy atom. The highest BCUT2D eigenvalue weighted by molar-refractivity contribution is 7.16. The fourth-order valence-electron chi connectivity index (χ4n) is 3.92. The molecule has 9 heteroatoms. The molecule has 1 atom stereocenters. The Hall–Kier alpha value is -3.46. The number of benzene rings is 1. The SMILES string of the molecule is COc1ccc([C@H]2c3nc[nH]c3CCN2C(=O)c2cnc3sc(C)cn3c2=O)cc1. The molecule has 4 aromatic rings. The molecule has 0 fully saturated rings. The van der Waals surface area contributed by atoms with Gasteiger partial charge in [-0.25, -0.2) is 9.97 Å². The van der Waals surface area contributed by atoms with Gasteiger partial charge in [0, 0.05) is 35.9 Å². The summed E-state index contributed by atoms with van der Waals surface area (Å²) in [5, 5.41) is 0. The van der Waals surface area contributed by atoms with Crippen LogP contribution in [0.5, 0.6) is 5.75 Å². The average molecular weight is 421 g/mol. The fraction of sp³-hybridized carbons (Fsp3) is 0.238. The lowest BCUT2D eigenvalue weighted by Crippen LogP contribution is -2.43. The first-order valence-electron chi connectivity index (χ1n) is 9.51. The number of hydrogen-bond donors (Lipinski definition) is 1. The van der Waals surface area contributed by atoms with Gasteiger partial charge in [-0.3, -0.25) is 14.0 Å². The quantitative estimate of drug-likeness (QED) is 0.549. The highest BCUT2D eigenvalue weighted by atomic mass is 32.1. The molecule has 30 heavy (non-hydrogen) atoms. The van der Waals surface area contributed by atoms with E-state index in [1.807, 2.05) is 31.2 Å². The van der Waals surface area contributed by atoms with E-state index < -0.39 is 6.04 Å². The zero-order valence-corrected chi connectivity index (χ0v) is 17.3. The molecule has 1 aromatic carbocycles. The molecule has 0 spiro atoms. The molecule has 0 aliphatic carbocycles. The number of carbonyl (C=O) groups is 1. The number of amides is 1. The van der Waals surface area contributed by atoms with Crippen molar-refractivity contribution < 1.29 is 9.53 Å². The van der Waals surface area contributed by atoms with Crippen molar-refractivity contribution in [3.8, 4) is 5.75 Å². The molecule has 0 unspecified atom stereocenters. The zero-order valence-electron chi connectivity index (χ0n) is 16.5. The minimum absolute atomic E-state index is 0.0581. The van der Waals surface area contributed by atoms with E-state index in [0.29, 0.717) is 17.9 Å². The predicted molar refractivity (Wildman–Crippen MR) is 112 cm³/mol. The highest BCUT2D eigenvalue weighted by Gasteiger charge is 2.35. The molecule has 1 amide bonds. The smallest absolute Gasteiger partial charge is 0.271 e. The van der Waals surface area contributed by atoms with Gasteiger partial charge in [-0.1, -0.05) is 12.1 Å². The number of aromatic nitrogens is 4. The first-order chi connectivity index (χ1) is 14.6. The van der Waals surface area contributed by atoms with Crippen LogP contribution in [0.25, 0.3) is 4.96 Å². The standard InChI is InChI=1S/C21H19N5O3S/c1-12-10-26-20(28)15(9-22-21(26)30-12)19(27)25-8-7-16-17(24-11-23-16)18(25)13-3-5-14(29-2)6-4-13/h3-6,9-11,18H,7-8H2,1-2H3,(H,23,24)/t18-/m0/s1. The van der Waals surface area contributed by atoms with Crippen molar-refractivity contribution in [2.24, 2.45) is 0 Å². The van der Waals surface area contributed by atoms with Crippen LogP contribution in [0.4, 0.5) is 0 Å². The molecule has 1 aliphatic heterocycles. The van der Waals surface area contributed by atoms with Gasteiger partial charge in [0.05, 0.1) is 19.1 Å². The largest absolute Gasteiger partial charge is 0.497 e. The molecule has 3 aromatic heterocycles. The number of ether oxygens (including phenoxy) is 1. The van der Waals surface area contributed by atoms with Crippen molar-refractivity contribution in [1.82, 2.24) is 24.3 Å². The van der Waals surface area contributed by atoms with Gasteiger partial charge in [-0.05, 0) is 24.6 Å². The number of rotatable bonds is 3. The Morgan fingerprint density at radius 3 is 2.83 bits per heavy atom. The Labute approximate surface area is 175 Å². The summed E-state index contributed by atoms with van der Waals surface area (Å²) in [5.74, 6) is 0.385. The van der Waals surface area contributed by atoms with E-state index in [0.717, 1.165) is 27.6 Å². The number of methoxy groups -OCH3 is 1. The van der Waals surface area contributed by atoms with Gasteiger partial charge in [0.2, 0.25) is 0 Å². The summed E-state index contributed by atoms with van der Waals surface area (Å²) in [4.78, 5) is 41.7. The molecule has 1 aliphatic rings. The van der Waals surface area contributed by atoms with Crippen LogP contribution in [-0.2, 0) is 6.42 Å². The number of aromatic amines is 1. The fourth-order valence-corrected chi connectivity index (χ4v) is 4.70. The Balaban J connectivity index is 1.60. The molecular weight excluding hydrogens is 402 g/mol.